The summed E-state index contributed by atoms with van der Waals surface area (Å²) in [5.41, 5.74) is 1.23. The van der Waals surface area contributed by atoms with E-state index in [1.807, 2.05) is 6.07 Å². The number of methoxy groups -OCH3 is 1. The first-order valence-corrected chi connectivity index (χ1v) is 8.75. The van der Waals surface area contributed by atoms with Gasteiger partial charge in [-0.3, -0.25) is 15.1 Å². The molecule has 0 amide bonds. The Labute approximate surface area is 149 Å². The van der Waals surface area contributed by atoms with Crippen LogP contribution in [-0.2, 0) is 11.3 Å². The zero-order chi connectivity index (χ0) is 18.1. The Morgan fingerprint density at radius 1 is 1.36 bits per heavy atom. The van der Waals surface area contributed by atoms with Gasteiger partial charge in [0, 0.05) is 46.0 Å². The van der Waals surface area contributed by atoms with Gasteiger partial charge in [-0.2, -0.15) is 0 Å². The summed E-state index contributed by atoms with van der Waals surface area (Å²) in [5, 5.41) is 17.5. The van der Waals surface area contributed by atoms with Gasteiger partial charge in [0.1, 0.15) is 0 Å². The first-order valence-electron chi connectivity index (χ1n) is 8.75. The molecule has 2 rings (SSSR count). The van der Waals surface area contributed by atoms with Gasteiger partial charge in [-0.1, -0.05) is 25.0 Å². The fourth-order valence-corrected chi connectivity index (χ4v) is 3.42. The van der Waals surface area contributed by atoms with Crippen LogP contribution in [-0.4, -0.2) is 38.2 Å². The van der Waals surface area contributed by atoms with Crippen LogP contribution in [0.15, 0.2) is 29.3 Å². The van der Waals surface area contributed by atoms with Gasteiger partial charge in [0.15, 0.2) is 5.96 Å². The molecule has 1 saturated carbocycles. The molecule has 1 fully saturated rings. The van der Waals surface area contributed by atoms with Crippen molar-refractivity contribution in [1.29, 1.82) is 0 Å². The van der Waals surface area contributed by atoms with Gasteiger partial charge in [-0.05, 0) is 30.2 Å². The number of nitro groups is 1. The number of ether oxygens (including phenoxy) is 1. The van der Waals surface area contributed by atoms with Crippen molar-refractivity contribution in [1.82, 2.24) is 10.6 Å². The normalized spacial score (nSPS) is 16.6. The maximum atomic E-state index is 10.9. The van der Waals surface area contributed by atoms with Crippen LogP contribution in [0.1, 0.15) is 37.7 Å². The number of benzene rings is 1. The lowest BCUT2D eigenvalue weighted by atomic mass is 9.83. The molecule has 0 spiro atoms. The predicted octanol–water partition coefficient (Wildman–Crippen LogP) is 2.86. The molecule has 1 aliphatic carbocycles. The molecule has 0 aliphatic heterocycles. The number of guanidine groups is 1. The van der Waals surface area contributed by atoms with Crippen molar-refractivity contribution in [2.24, 2.45) is 10.4 Å². The smallest absolute Gasteiger partial charge is 0.269 e. The van der Waals surface area contributed by atoms with Crippen molar-refractivity contribution in [2.75, 3.05) is 27.3 Å². The third-order valence-electron chi connectivity index (χ3n) is 4.94. The minimum atomic E-state index is -0.379. The lowest BCUT2D eigenvalue weighted by Crippen LogP contribution is -2.43. The second-order valence-electron chi connectivity index (χ2n) is 6.66. The van der Waals surface area contributed by atoms with Crippen LogP contribution >= 0.6 is 0 Å². The van der Waals surface area contributed by atoms with Crippen molar-refractivity contribution < 1.29 is 9.66 Å². The van der Waals surface area contributed by atoms with E-state index in [9.17, 15) is 10.1 Å². The van der Waals surface area contributed by atoms with Crippen LogP contribution in [0.3, 0.4) is 0 Å². The molecule has 138 valence electrons. The summed E-state index contributed by atoms with van der Waals surface area (Å²) in [7, 11) is 3.48. The highest BCUT2D eigenvalue weighted by Gasteiger charge is 2.33. The van der Waals surface area contributed by atoms with Gasteiger partial charge in [0.2, 0.25) is 0 Å². The Morgan fingerprint density at radius 2 is 2.12 bits per heavy atom. The molecule has 0 heterocycles. The topological polar surface area (TPSA) is 88.8 Å². The van der Waals surface area contributed by atoms with E-state index in [2.05, 4.69) is 15.6 Å². The Bertz CT molecular complexity index is 598. The van der Waals surface area contributed by atoms with Gasteiger partial charge in [-0.15, -0.1) is 0 Å². The third-order valence-corrected chi connectivity index (χ3v) is 4.94. The number of hydrogen-bond donors (Lipinski definition) is 2. The number of hydrogen-bond acceptors (Lipinski definition) is 4. The summed E-state index contributed by atoms with van der Waals surface area (Å²) in [6.45, 7) is 2.14. The maximum Gasteiger partial charge on any atom is 0.269 e. The maximum absolute atomic E-state index is 10.9. The van der Waals surface area contributed by atoms with E-state index in [4.69, 9.17) is 4.74 Å². The summed E-state index contributed by atoms with van der Waals surface area (Å²) in [6.07, 6.45) is 6.02. The molecule has 2 N–H and O–H groups in total. The Kier molecular flexibility index (Phi) is 7.18. The fourth-order valence-electron chi connectivity index (χ4n) is 3.42. The van der Waals surface area contributed by atoms with Crippen LogP contribution in [0.25, 0.3) is 0 Å². The molecule has 7 nitrogen and oxygen atoms in total. The number of nitro benzene ring substituents is 1. The zero-order valence-electron chi connectivity index (χ0n) is 15.1. The average molecular weight is 348 g/mol. The van der Waals surface area contributed by atoms with E-state index in [0.29, 0.717) is 6.54 Å². The van der Waals surface area contributed by atoms with E-state index in [1.165, 1.54) is 31.7 Å². The van der Waals surface area contributed by atoms with Crippen molar-refractivity contribution in [3.8, 4) is 0 Å². The van der Waals surface area contributed by atoms with Crippen molar-refractivity contribution in [2.45, 2.75) is 38.6 Å². The van der Waals surface area contributed by atoms with Crippen molar-refractivity contribution in [3.63, 3.8) is 0 Å². The van der Waals surface area contributed by atoms with Crippen LogP contribution < -0.4 is 10.6 Å². The number of nitrogens with zero attached hydrogens (tertiary/aromatic N) is 2. The second kappa shape index (κ2) is 9.36. The molecular weight excluding hydrogens is 320 g/mol. The highest BCUT2D eigenvalue weighted by atomic mass is 16.6. The standard InChI is InChI=1S/C18H28N4O3/c1-19-17(20-13-15-6-5-7-16(12-15)22(23)24)21-14-18(10-11-25-2)8-3-4-9-18/h5-7,12H,3-4,8-11,13-14H2,1-2H3,(H2,19,20,21). The largest absolute Gasteiger partial charge is 0.385 e. The molecule has 1 aromatic rings. The Balaban J connectivity index is 1.88. The van der Waals surface area contributed by atoms with Crippen LogP contribution in [0, 0.1) is 15.5 Å². The van der Waals surface area contributed by atoms with Crippen molar-refractivity contribution in [3.05, 3.63) is 39.9 Å². The lowest BCUT2D eigenvalue weighted by molar-refractivity contribution is -0.384. The molecule has 0 unspecified atom stereocenters. The molecule has 7 heteroatoms. The Morgan fingerprint density at radius 3 is 2.76 bits per heavy atom. The molecule has 0 bridgehead atoms. The van der Waals surface area contributed by atoms with E-state index in [1.54, 1.807) is 26.3 Å². The number of nitrogens with one attached hydrogen (secondary N) is 2. The van der Waals surface area contributed by atoms with Gasteiger partial charge < -0.3 is 15.4 Å². The number of aliphatic imine (C=N–C) groups is 1. The molecule has 1 aliphatic rings. The monoisotopic (exact) mass is 348 g/mol. The summed E-state index contributed by atoms with van der Waals surface area (Å²) in [5.74, 6) is 0.718. The minimum Gasteiger partial charge on any atom is -0.385 e. The first-order chi connectivity index (χ1) is 12.1. The number of non-ortho nitro benzene ring substituents is 1. The van der Waals surface area contributed by atoms with E-state index < -0.39 is 0 Å². The van der Waals surface area contributed by atoms with Crippen LogP contribution in [0.2, 0.25) is 0 Å². The number of rotatable bonds is 8. The lowest BCUT2D eigenvalue weighted by Gasteiger charge is -2.30. The summed E-state index contributed by atoms with van der Waals surface area (Å²) < 4.78 is 5.27. The van der Waals surface area contributed by atoms with E-state index in [0.717, 1.165) is 31.1 Å². The van der Waals surface area contributed by atoms with Gasteiger partial charge in [0.05, 0.1) is 4.92 Å². The fraction of sp³-hybridized carbons (Fsp3) is 0.611. The van der Waals surface area contributed by atoms with Crippen molar-refractivity contribution >= 4 is 11.6 Å². The van der Waals surface area contributed by atoms with E-state index in [-0.39, 0.29) is 16.0 Å². The quantitative estimate of drug-likeness (QED) is 0.326. The molecule has 0 aromatic heterocycles. The zero-order valence-corrected chi connectivity index (χ0v) is 15.1. The first kappa shape index (κ1) is 19.2. The molecule has 0 radical (unpaired) electrons. The summed E-state index contributed by atoms with van der Waals surface area (Å²) >= 11 is 0. The highest BCUT2D eigenvalue weighted by Crippen LogP contribution is 2.40. The summed E-state index contributed by atoms with van der Waals surface area (Å²) in [4.78, 5) is 14.7. The molecule has 25 heavy (non-hydrogen) atoms. The van der Waals surface area contributed by atoms with Crippen LogP contribution in [0.5, 0.6) is 0 Å². The average Bonchev–Trinajstić information content (AvgIpc) is 3.09. The third kappa shape index (κ3) is 5.70. The molecule has 0 saturated heterocycles. The molecule has 0 atom stereocenters. The minimum absolute atomic E-state index is 0.103. The molecule has 1 aromatic carbocycles. The predicted molar refractivity (Wildman–Crippen MR) is 98.7 cm³/mol. The SMILES string of the molecule is CN=C(NCc1cccc([N+](=O)[O-])c1)NCC1(CCOC)CCCC1. The second-order valence-corrected chi connectivity index (χ2v) is 6.66. The Hall–Kier alpha value is -2.15. The van der Waals surface area contributed by atoms with Gasteiger partial charge in [-0.25, -0.2) is 0 Å². The summed E-state index contributed by atoms with van der Waals surface area (Å²) in [6, 6.07) is 6.64. The van der Waals surface area contributed by atoms with Crippen LogP contribution in [0.4, 0.5) is 5.69 Å². The van der Waals surface area contributed by atoms with Gasteiger partial charge >= 0.3 is 0 Å². The van der Waals surface area contributed by atoms with Gasteiger partial charge in [0.25, 0.3) is 5.69 Å². The highest BCUT2D eigenvalue weighted by molar-refractivity contribution is 5.79. The van der Waals surface area contributed by atoms with E-state index >= 15 is 0 Å². The molecular formula is C18H28N4O3.